The molecule has 1 saturated heterocycles. The second-order valence-corrected chi connectivity index (χ2v) is 8.62. The normalized spacial score (nSPS) is 16.2. The van der Waals surface area contributed by atoms with Gasteiger partial charge in [0, 0.05) is 23.3 Å². The molecule has 1 aliphatic heterocycles. The van der Waals surface area contributed by atoms with Crippen LogP contribution in [0.25, 0.3) is 6.08 Å². The fraction of sp³-hybridized carbons (Fsp3) is 0.125. The fourth-order valence-electron chi connectivity index (χ4n) is 3.05. The van der Waals surface area contributed by atoms with Crippen LogP contribution < -0.4 is 4.74 Å². The molecule has 0 radical (unpaired) electrons. The van der Waals surface area contributed by atoms with Gasteiger partial charge in [0.15, 0.2) is 10.3 Å². The first kappa shape index (κ1) is 22.4. The molecule has 1 amide bonds. The Labute approximate surface area is 200 Å². The predicted molar refractivity (Wildman–Crippen MR) is 132 cm³/mol. The number of amides is 1. The summed E-state index contributed by atoms with van der Waals surface area (Å²) in [6, 6.07) is 18.6. The van der Waals surface area contributed by atoms with Crippen LogP contribution in [-0.4, -0.2) is 27.5 Å². The Morgan fingerprint density at radius 3 is 2.62 bits per heavy atom. The Bertz CT molecular complexity index is 1200. The number of carbonyl (C=O) groups excluding carboxylic acids is 1. The number of ether oxygens (including phenoxy) is 1. The minimum Gasteiger partial charge on any atom is -0.488 e. The summed E-state index contributed by atoms with van der Waals surface area (Å²) in [6.45, 7) is 2.80. The summed E-state index contributed by atoms with van der Waals surface area (Å²) in [7, 11) is 0. The van der Waals surface area contributed by atoms with E-state index in [0.29, 0.717) is 44.8 Å². The lowest BCUT2D eigenvalue weighted by Crippen LogP contribution is -2.28. The van der Waals surface area contributed by atoms with Crippen molar-refractivity contribution in [2.45, 2.75) is 13.5 Å². The molecular weight excluding hydrogens is 465 g/mol. The summed E-state index contributed by atoms with van der Waals surface area (Å²) in [5.74, 6) is 0.579. The van der Waals surface area contributed by atoms with Crippen molar-refractivity contribution in [3.63, 3.8) is 0 Å². The Morgan fingerprint density at radius 1 is 1.09 bits per heavy atom. The molecule has 0 N–H and O–H groups in total. The summed E-state index contributed by atoms with van der Waals surface area (Å²) in [5, 5.41) is 1.54. The highest BCUT2D eigenvalue weighted by atomic mass is 35.5. The Hall–Kier alpha value is -2.80. The first-order valence-electron chi connectivity index (χ1n) is 9.92. The molecule has 2 aromatic carbocycles. The van der Waals surface area contributed by atoms with E-state index in [1.165, 1.54) is 11.8 Å². The molecule has 8 heteroatoms. The number of aliphatic imine (C=N–C) groups is 1. The van der Waals surface area contributed by atoms with Crippen molar-refractivity contribution in [3.8, 4) is 5.75 Å². The van der Waals surface area contributed by atoms with Crippen LogP contribution in [0.1, 0.15) is 18.1 Å². The van der Waals surface area contributed by atoms with Gasteiger partial charge in [0.05, 0.1) is 4.91 Å². The zero-order valence-corrected chi connectivity index (χ0v) is 19.5. The van der Waals surface area contributed by atoms with E-state index in [2.05, 4.69) is 9.98 Å². The topological polar surface area (TPSA) is 54.8 Å². The van der Waals surface area contributed by atoms with Gasteiger partial charge in [-0.05, 0) is 60.7 Å². The molecule has 0 aliphatic carbocycles. The van der Waals surface area contributed by atoms with Crippen molar-refractivity contribution in [3.05, 3.63) is 93.1 Å². The van der Waals surface area contributed by atoms with Crippen molar-refractivity contribution >= 4 is 57.8 Å². The number of pyridine rings is 1. The van der Waals surface area contributed by atoms with E-state index in [4.69, 9.17) is 27.9 Å². The van der Waals surface area contributed by atoms with Crippen LogP contribution in [0.3, 0.4) is 0 Å². The highest BCUT2D eigenvalue weighted by Gasteiger charge is 2.32. The third kappa shape index (κ3) is 5.15. The second-order valence-electron chi connectivity index (χ2n) is 6.82. The molecule has 162 valence electrons. The van der Waals surface area contributed by atoms with Crippen LogP contribution in [-0.2, 0) is 11.4 Å². The summed E-state index contributed by atoms with van der Waals surface area (Å²) >= 11 is 13.4. The molecule has 0 bridgehead atoms. The van der Waals surface area contributed by atoms with Gasteiger partial charge in [-0.3, -0.25) is 9.69 Å². The number of hydrogen-bond acceptors (Lipinski definition) is 5. The van der Waals surface area contributed by atoms with Gasteiger partial charge in [-0.2, -0.15) is 0 Å². The largest absolute Gasteiger partial charge is 0.488 e. The van der Waals surface area contributed by atoms with Gasteiger partial charge >= 0.3 is 0 Å². The van der Waals surface area contributed by atoms with E-state index in [1.54, 1.807) is 23.2 Å². The van der Waals surface area contributed by atoms with Gasteiger partial charge in [-0.1, -0.05) is 53.5 Å². The molecule has 0 unspecified atom stereocenters. The van der Waals surface area contributed by atoms with Gasteiger partial charge in [0.1, 0.15) is 18.0 Å². The summed E-state index contributed by atoms with van der Waals surface area (Å²) in [6.07, 6.45) is 3.43. The maximum absolute atomic E-state index is 13.0. The predicted octanol–water partition coefficient (Wildman–Crippen LogP) is 6.59. The van der Waals surface area contributed by atoms with Gasteiger partial charge in [-0.25, -0.2) is 9.98 Å². The Balaban J connectivity index is 1.59. The van der Waals surface area contributed by atoms with Crippen LogP contribution >= 0.6 is 35.0 Å². The van der Waals surface area contributed by atoms with Gasteiger partial charge in [-0.15, -0.1) is 0 Å². The summed E-state index contributed by atoms with van der Waals surface area (Å²) in [4.78, 5) is 23.8. The van der Waals surface area contributed by atoms with Crippen molar-refractivity contribution in [2.75, 3.05) is 6.54 Å². The van der Waals surface area contributed by atoms with E-state index in [9.17, 15) is 4.79 Å². The molecule has 3 aromatic rings. The lowest BCUT2D eigenvalue weighted by Gasteiger charge is -2.12. The quantitative estimate of drug-likeness (QED) is 0.293. The van der Waals surface area contributed by atoms with Gasteiger partial charge < -0.3 is 4.74 Å². The maximum atomic E-state index is 13.0. The third-order valence-corrected chi connectivity index (χ3v) is 6.22. The molecule has 0 atom stereocenters. The van der Waals surface area contributed by atoms with Crippen molar-refractivity contribution < 1.29 is 9.53 Å². The first-order valence-corrected chi connectivity index (χ1v) is 11.5. The number of amidine groups is 1. The van der Waals surface area contributed by atoms with E-state index in [-0.39, 0.29) is 5.91 Å². The van der Waals surface area contributed by atoms with Crippen molar-refractivity contribution in [1.82, 2.24) is 9.88 Å². The van der Waals surface area contributed by atoms with E-state index < -0.39 is 0 Å². The van der Waals surface area contributed by atoms with Crippen molar-refractivity contribution in [2.24, 2.45) is 4.99 Å². The molecule has 1 aromatic heterocycles. The zero-order chi connectivity index (χ0) is 22.5. The number of para-hydroxylation sites is 1. The SMILES string of the molecule is CCN1C(=O)/C(=C/c2ccccc2OCc2ccc(Cl)cc2)SC1=Nc1cccnc1Cl. The number of halogens is 2. The molecule has 0 saturated carbocycles. The Morgan fingerprint density at radius 2 is 1.88 bits per heavy atom. The van der Waals surface area contributed by atoms with E-state index >= 15 is 0 Å². The lowest BCUT2D eigenvalue weighted by molar-refractivity contribution is -0.122. The number of likely N-dealkylation sites (N-methyl/N-ethyl adjacent to an activating group) is 1. The number of hydrogen-bond donors (Lipinski definition) is 0. The van der Waals surface area contributed by atoms with E-state index in [1.807, 2.05) is 61.5 Å². The molecule has 32 heavy (non-hydrogen) atoms. The molecule has 1 aliphatic rings. The smallest absolute Gasteiger partial charge is 0.266 e. The fourth-order valence-corrected chi connectivity index (χ4v) is 4.38. The van der Waals surface area contributed by atoms with Crippen LogP contribution in [0.15, 0.2) is 76.8 Å². The molecular formula is C24H19Cl2N3O2S. The minimum absolute atomic E-state index is 0.108. The van der Waals surface area contributed by atoms with E-state index in [0.717, 1.165) is 11.1 Å². The Kier molecular flexibility index (Phi) is 7.15. The molecule has 2 heterocycles. The molecule has 1 fully saturated rings. The van der Waals surface area contributed by atoms with Crippen LogP contribution in [0, 0.1) is 0 Å². The number of benzene rings is 2. The van der Waals surface area contributed by atoms with Gasteiger partial charge in [0.25, 0.3) is 5.91 Å². The highest BCUT2D eigenvalue weighted by molar-refractivity contribution is 8.18. The lowest BCUT2D eigenvalue weighted by atomic mass is 10.1. The molecule has 4 rings (SSSR count). The number of thioether (sulfide) groups is 1. The van der Waals surface area contributed by atoms with Crippen LogP contribution in [0.5, 0.6) is 5.75 Å². The van der Waals surface area contributed by atoms with Crippen LogP contribution in [0.2, 0.25) is 10.2 Å². The standard InChI is InChI=1S/C24H19Cl2N3O2S/c1-2-29-23(30)21(32-24(29)28-19-7-5-13-27-22(19)26)14-17-6-3-4-8-20(17)31-15-16-9-11-18(25)12-10-16/h3-14H,2,15H2,1H3/b21-14-,28-24?. The molecule has 0 spiro atoms. The second kappa shape index (κ2) is 10.2. The monoisotopic (exact) mass is 483 g/mol. The average molecular weight is 484 g/mol. The maximum Gasteiger partial charge on any atom is 0.266 e. The number of nitrogens with zero attached hydrogens (tertiary/aromatic N) is 3. The minimum atomic E-state index is -0.108. The number of rotatable bonds is 6. The average Bonchev–Trinajstić information content (AvgIpc) is 3.09. The first-order chi connectivity index (χ1) is 15.5. The van der Waals surface area contributed by atoms with Crippen LogP contribution in [0.4, 0.5) is 5.69 Å². The number of carbonyl (C=O) groups is 1. The zero-order valence-electron chi connectivity index (χ0n) is 17.2. The number of aromatic nitrogens is 1. The third-order valence-electron chi connectivity index (χ3n) is 4.67. The highest BCUT2D eigenvalue weighted by Crippen LogP contribution is 2.36. The summed E-state index contributed by atoms with van der Waals surface area (Å²) < 4.78 is 6.02. The summed E-state index contributed by atoms with van der Waals surface area (Å²) in [5.41, 5.74) is 2.34. The van der Waals surface area contributed by atoms with Gasteiger partial charge in [0.2, 0.25) is 0 Å². The van der Waals surface area contributed by atoms with Crippen molar-refractivity contribution in [1.29, 1.82) is 0 Å². The molecule has 5 nitrogen and oxygen atoms in total.